The zero-order chi connectivity index (χ0) is 22.8. The summed E-state index contributed by atoms with van der Waals surface area (Å²) in [5.74, 6) is 1.44. The van der Waals surface area contributed by atoms with Crippen molar-refractivity contribution in [2.45, 2.75) is 32.2 Å². The van der Waals surface area contributed by atoms with Gasteiger partial charge in [0.15, 0.2) is 5.82 Å². The van der Waals surface area contributed by atoms with Gasteiger partial charge in [-0.1, -0.05) is 52.7 Å². The first-order valence-corrected chi connectivity index (χ1v) is 12.4. The molecule has 0 fully saturated rings. The van der Waals surface area contributed by atoms with Crippen molar-refractivity contribution in [1.82, 2.24) is 19.3 Å². The number of benzene rings is 2. The van der Waals surface area contributed by atoms with Gasteiger partial charge in [0.25, 0.3) is 5.56 Å². The number of aryl methyl sites for hydroxylation is 1. The highest BCUT2D eigenvalue weighted by Crippen LogP contribution is 2.18. The molecule has 0 N–H and O–H groups in total. The molecular weight excluding hydrogens is 498 g/mol. The summed E-state index contributed by atoms with van der Waals surface area (Å²) in [6.45, 7) is 0.779. The third-order valence-corrected chi connectivity index (χ3v) is 7.29. The molecule has 2 aromatic heterocycles. The molecule has 164 valence electrons. The molecule has 0 bridgehead atoms. The van der Waals surface area contributed by atoms with Crippen molar-refractivity contribution < 1.29 is 0 Å². The maximum absolute atomic E-state index is 13.6. The maximum atomic E-state index is 13.6. The van der Waals surface area contributed by atoms with Gasteiger partial charge in [0.2, 0.25) is 0 Å². The molecule has 0 radical (unpaired) electrons. The summed E-state index contributed by atoms with van der Waals surface area (Å²) >= 11 is 4.76. The van der Waals surface area contributed by atoms with Crippen LogP contribution in [-0.4, -0.2) is 19.3 Å². The molecule has 0 saturated heterocycles. The Labute approximate surface area is 202 Å². The molecule has 8 heteroatoms. The minimum absolute atomic E-state index is 0.160. The first-order valence-electron chi connectivity index (χ1n) is 10.8. The van der Waals surface area contributed by atoms with Gasteiger partial charge in [0, 0.05) is 17.4 Å². The average molecular weight is 518 g/mol. The highest BCUT2D eigenvalue weighted by Gasteiger charge is 2.21. The van der Waals surface area contributed by atoms with Gasteiger partial charge in [0.05, 0.1) is 10.2 Å². The number of hydrogen-bond acceptors (Lipinski definition) is 5. The van der Waals surface area contributed by atoms with Crippen molar-refractivity contribution >= 4 is 38.9 Å². The van der Waals surface area contributed by atoms with Gasteiger partial charge >= 0.3 is 0 Å². The Bertz CT molecular complexity index is 1520. The van der Waals surface area contributed by atoms with E-state index in [0.29, 0.717) is 26.3 Å². The van der Waals surface area contributed by atoms with E-state index in [1.165, 1.54) is 11.3 Å². The highest BCUT2D eigenvalue weighted by molar-refractivity contribution is 9.10. The van der Waals surface area contributed by atoms with Crippen LogP contribution in [0.15, 0.2) is 63.9 Å². The van der Waals surface area contributed by atoms with Crippen LogP contribution in [0.2, 0.25) is 0 Å². The van der Waals surface area contributed by atoms with Crippen LogP contribution in [0.3, 0.4) is 0 Å². The van der Waals surface area contributed by atoms with E-state index >= 15 is 0 Å². The number of fused-ring (bicyclic) bond motifs is 1. The Morgan fingerprint density at radius 2 is 1.85 bits per heavy atom. The molecule has 0 atom stereocenters. The SMILES string of the molecule is N#C/C(c1nnc2n1CCCCC2)=c1/s/c(=C\c2ccc(Br)cc2)c(=O)n1-c1ccccc1. The first kappa shape index (κ1) is 21.6. The van der Waals surface area contributed by atoms with Crippen molar-refractivity contribution in [3.05, 3.63) is 95.8 Å². The van der Waals surface area contributed by atoms with Gasteiger partial charge in [-0.2, -0.15) is 5.26 Å². The third kappa shape index (κ3) is 4.22. The predicted octanol–water partition coefficient (Wildman–Crippen LogP) is 3.53. The topological polar surface area (TPSA) is 76.5 Å². The van der Waals surface area contributed by atoms with Gasteiger partial charge in [0.1, 0.15) is 22.1 Å². The lowest BCUT2D eigenvalue weighted by atomic mass is 10.2. The van der Waals surface area contributed by atoms with Crippen LogP contribution >= 0.6 is 27.3 Å². The van der Waals surface area contributed by atoms with Crippen LogP contribution in [0, 0.1) is 11.3 Å². The number of aromatic nitrogens is 4. The molecule has 0 amide bonds. The van der Waals surface area contributed by atoms with Gasteiger partial charge in [-0.3, -0.25) is 9.36 Å². The summed E-state index contributed by atoms with van der Waals surface area (Å²) in [6, 6.07) is 19.5. The molecule has 4 aromatic rings. The molecule has 5 rings (SSSR count). The molecule has 0 aliphatic carbocycles. The fourth-order valence-electron chi connectivity index (χ4n) is 4.04. The van der Waals surface area contributed by atoms with Crippen LogP contribution in [0.5, 0.6) is 0 Å². The van der Waals surface area contributed by atoms with E-state index < -0.39 is 0 Å². The van der Waals surface area contributed by atoms with Gasteiger partial charge in [-0.15, -0.1) is 21.5 Å². The lowest BCUT2D eigenvalue weighted by Gasteiger charge is -2.07. The number of nitrogens with zero attached hydrogens (tertiary/aromatic N) is 5. The minimum Gasteiger partial charge on any atom is -0.310 e. The maximum Gasteiger partial charge on any atom is 0.273 e. The lowest BCUT2D eigenvalue weighted by molar-refractivity contribution is 0.627. The smallest absolute Gasteiger partial charge is 0.273 e. The van der Waals surface area contributed by atoms with Gasteiger partial charge < -0.3 is 4.57 Å². The number of thiazole rings is 1. The summed E-state index contributed by atoms with van der Waals surface area (Å²) in [4.78, 5) is 13.6. The lowest BCUT2D eigenvalue weighted by Crippen LogP contribution is -2.31. The van der Waals surface area contributed by atoms with E-state index in [2.05, 4.69) is 32.2 Å². The Balaban J connectivity index is 1.82. The van der Waals surface area contributed by atoms with E-state index in [0.717, 1.165) is 48.1 Å². The molecular formula is C25H20BrN5OS. The molecule has 3 heterocycles. The van der Waals surface area contributed by atoms with E-state index in [1.54, 1.807) is 4.57 Å². The van der Waals surface area contributed by atoms with Crippen molar-refractivity contribution in [2.24, 2.45) is 0 Å². The van der Waals surface area contributed by atoms with E-state index in [9.17, 15) is 10.1 Å². The number of rotatable bonds is 3. The van der Waals surface area contributed by atoms with E-state index in [-0.39, 0.29) is 5.56 Å². The van der Waals surface area contributed by atoms with Crippen molar-refractivity contribution in [3.63, 3.8) is 0 Å². The zero-order valence-corrected chi connectivity index (χ0v) is 20.1. The number of para-hydroxylation sites is 1. The second-order valence-electron chi connectivity index (χ2n) is 7.83. The highest BCUT2D eigenvalue weighted by atomic mass is 79.9. The zero-order valence-electron chi connectivity index (χ0n) is 17.7. The quantitative estimate of drug-likeness (QED) is 0.416. The van der Waals surface area contributed by atoms with Gasteiger partial charge in [-0.25, -0.2) is 0 Å². The van der Waals surface area contributed by atoms with Gasteiger partial charge in [-0.05, 0) is 48.7 Å². The number of hydrogen-bond donors (Lipinski definition) is 0. The largest absolute Gasteiger partial charge is 0.310 e. The van der Waals surface area contributed by atoms with Crippen LogP contribution < -0.4 is 14.8 Å². The molecule has 1 aliphatic heterocycles. The molecule has 0 spiro atoms. The fraction of sp³-hybridized carbons (Fsp3) is 0.200. The van der Waals surface area contributed by atoms with Crippen LogP contribution in [-0.2, 0) is 13.0 Å². The summed E-state index contributed by atoms with van der Waals surface area (Å²) < 4.78 is 5.76. The van der Waals surface area contributed by atoms with Crippen molar-refractivity contribution in [2.75, 3.05) is 0 Å². The monoisotopic (exact) mass is 517 g/mol. The Hall–Kier alpha value is -3.28. The van der Waals surface area contributed by atoms with Crippen molar-refractivity contribution in [3.8, 4) is 11.8 Å². The second kappa shape index (κ2) is 9.30. The fourth-order valence-corrected chi connectivity index (χ4v) is 5.40. The van der Waals surface area contributed by atoms with E-state index in [1.807, 2.05) is 65.2 Å². The first-order chi connectivity index (χ1) is 16.2. The van der Waals surface area contributed by atoms with Crippen LogP contribution in [0.25, 0.3) is 17.3 Å². The van der Waals surface area contributed by atoms with Crippen LogP contribution in [0.4, 0.5) is 0 Å². The summed E-state index contributed by atoms with van der Waals surface area (Å²) in [7, 11) is 0. The average Bonchev–Trinajstić information content (AvgIpc) is 3.27. The van der Waals surface area contributed by atoms with Crippen molar-refractivity contribution in [1.29, 1.82) is 5.26 Å². The Morgan fingerprint density at radius 3 is 2.61 bits per heavy atom. The molecule has 0 saturated carbocycles. The standard InChI is InChI=1S/C25H20BrN5OS/c26-18-12-10-17(11-13-18)15-21-24(32)31(19-7-3-1-4-8-19)25(33-21)20(16-27)23-29-28-22-9-5-2-6-14-30(22)23/h1,3-4,7-8,10-13,15H,2,5-6,9,14H2/b21-15-,25-20-. The minimum atomic E-state index is -0.160. The number of halogens is 1. The van der Waals surface area contributed by atoms with Crippen LogP contribution in [0.1, 0.15) is 36.5 Å². The molecule has 2 aromatic carbocycles. The molecule has 33 heavy (non-hydrogen) atoms. The predicted molar refractivity (Wildman–Crippen MR) is 133 cm³/mol. The molecule has 6 nitrogen and oxygen atoms in total. The molecule has 0 unspecified atom stereocenters. The summed E-state index contributed by atoms with van der Waals surface area (Å²) in [5.41, 5.74) is 1.84. The Kier molecular flexibility index (Phi) is 6.07. The Morgan fingerprint density at radius 1 is 1.06 bits per heavy atom. The molecule has 1 aliphatic rings. The third-order valence-electron chi connectivity index (χ3n) is 5.66. The summed E-state index contributed by atoms with van der Waals surface area (Å²) in [6.07, 6.45) is 5.94. The second-order valence-corrected chi connectivity index (χ2v) is 9.78. The van der Waals surface area contributed by atoms with E-state index in [4.69, 9.17) is 0 Å². The number of nitriles is 1. The normalized spacial score (nSPS) is 15.0. The summed E-state index contributed by atoms with van der Waals surface area (Å²) in [5, 5.41) is 19.0.